The van der Waals surface area contributed by atoms with E-state index in [1.807, 2.05) is 13.8 Å². The van der Waals surface area contributed by atoms with E-state index in [4.69, 9.17) is 5.11 Å². The molecule has 7 heteroatoms. The number of carboxylic acid groups (broad SMARTS) is 1. The van der Waals surface area contributed by atoms with Crippen LogP contribution in [0.15, 0.2) is 0 Å². The minimum absolute atomic E-state index is 0.0911. The van der Waals surface area contributed by atoms with Gasteiger partial charge in [0.1, 0.15) is 6.04 Å². The van der Waals surface area contributed by atoms with E-state index >= 15 is 0 Å². The van der Waals surface area contributed by atoms with E-state index in [2.05, 4.69) is 0 Å². The topological polar surface area (TPSA) is 81.1 Å². The van der Waals surface area contributed by atoms with Crippen LogP contribution in [-0.4, -0.2) is 68.9 Å². The molecule has 2 atom stereocenters. The molecule has 6 nitrogen and oxygen atoms in total. The number of thioether (sulfide) groups is 1. The highest BCUT2D eigenvalue weighted by Crippen LogP contribution is 2.32. The number of carbonyl (C=O) groups is 2. The van der Waals surface area contributed by atoms with Gasteiger partial charge in [-0.3, -0.25) is 4.90 Å². The molecule has 1 fully saturated rings. The highest BCUT2D eigenvalue weighted by molar-refractivity contribution is 8.00. The Hall–Kier alpha value is -0.950. The van der Waals surface area contributed by atoms with Crippen LogP contribution in [0, 0.1) is 0 Å². The van der Waals surface area contributed by atoms with Crippen LogP contribution in [0.25, 0.3) is 0 Å². The van der Waals surface area contributed by atoms with Crippen LogP contribution in [0.2, 0.25) is 0 Å². The first-order valence-electron chi connectivity index (χ1n) is 6.59. The molecule has 1 saturated heterocycles. The summed E-state index contributed by atoms with van der Waals surface area (Å²) in [5.74, 6) is -0.532. The number of aliphatic hydroxyl groups excluding tert-OH is 1. The van der Waals surface area contributed by atoms with Gasteiger partial charge in [-0.15, -0.1) is 11.8 Å². The Morgan fingerprint density at radius 2 is 2.05 bits per heavy atom. The molecule has 0 saturated carbocycles. The lowest BCUT2D eigenvalue weighted by atomic mass is 10.2. The van der Waals surface area contributed by atoms with Crippen molar-refractivity contribution in [3.8, 4) is 0 Å². The standard InChI is InChI=1S/C12H22N2O4S/c1-3-5-13(6-7-15)12(18)14-9(11(16)17)8-19-10(14)4-2/h9-10,15H,3-8H2,1-2H3,(H,16,17). The maximum Gasteiger partial charge on any atom is 0.327 e. The molecular formula is C12H22N2O4S. The van der Waals surface area contributed by atoms with Gasteiger partial charge in [-0.25, -0.2) is 9.59 Å². The monoisotopic (exact) mass is 290 g/mol. The summed E-state index contributed by atoms with van der Waals surface area (Å²) in [6.07, 6.45) is 1.50. The Kier molecular flexibility index (Phi) is 6.44. The molecule has 110 valence electrons. The van der Waals surface area contributed by atoms with Crippen LogP contribution in [-0.2, 0) is 4.79 Å². The fourth-order valence-corrected chi connectivity index (χ4v) is 3.52. The number of aliphatic hydroxyl groups is 1. The number of hydrogen-bond donors (Lipinski definition) is 2. The van der Waals surface area contributed by atoms with Gasteiger partial charge >= 0.3 is 12.0 Å². The third kappa shape index (κ3) is 3.76. The smallest absolute Gasteiger partial charge is 0.327 e. The lowest BCUT2D eigenvalue weighted by Gasteiger charge is -2.32. The Morgan fingerprint density at radius 3 is 2.53 bits per heavy atom. The molecule has 0 aromatic carbocycles. The van der Waals surface area contributed by atoms with E-state index in [1.165, 1.54) is 21.6 Å². The molecule has 0 spiro atoms. The molecule has 0 aromatic heterocycles. The summed E-state index contributed by atoms with van der Waals surface area (Å²) in [5.41, 5.74) is 0. The second-order valence-electron chi connectivity index (χ2n) is 4.45. The molecule has 19 heavy (non-hydrogen) atoms. The predicted octanol–water partition coefficient (Wildman–Crippen LogP) is 1.05. The number of aliphatic carboxylic acids is 1. The van der Waals surface area contributed by atoms with Crippen LogP contribution < -0.4 is 0 Å². The molecule has 2 amide bonds. The van der Waals surface area contributed by atoms with Crippen molar-refractivity contribution in [3.05, 3.63) is 0 Å². The Bertz CT molecular complexity index is 321. The van der Waals surface area contributed by atoms with Crippen LogP contribution in [0.4, 0.5) is 4.79 Å². The van der Waals surface area contributed by atoms with Gasteiger partial charge in [0.05, 0.1) is 12.0 Å². The zero-order valence-corrected chi connectivity index (χ0v) is 12.2. The van der Waals surface area contributed by atoms with Crippen LogP contribution >= 0.6 is 11.8 Å². The van der Waals surface area contributed by atoms with Gasteiger partial charge in [0.2, 0.25) is 0 Å². The summed E-state index contributed by atoms with van der Waals surface area (Å²) < 4.78 is 0. The van der Waals surface area contributed by atoms with Crippen LogP contribution in [0.1, 0.15) is 26.7 Å². The zero-order chi connectivity index (χ0) is 14.4. The Morgan fingerprint density at radius 1 is 1.37 bits per heavy atom. The van der Waals surface area contributed by atoms with Crippen molar-refractivity contribution >= 4 is 23.8 Å². The summed E-state index contributed by atoms with van der Waals surface area (Å²) in [7, 11) is 0. The number of urea groups is 1. The summed E-state index contributed by atoms with van der Waals surface area (Å²) in [6.45, 7) is 4.56. The molecule has 1 aliphatic heterocycles. The van der Waals surface area contributed by atoms with E-state index in [0.29, 0.717) is 12.3 Å². The quantitative estimate of drug-likeness (QED) is 0.764. The number of hydrogen-bond acceptors (Lipinski definition) is 4. The van der Waals surface area contributed by atoms with Crippen molar-refractivity contribution in [2.24, 2.45) is 0 Å². The summed E-state index contributed by atoms with van der Waals surface area (Å²) in [6, 6.07) is -1.04. The number of rotatable bonds is 6. The molecule has 0 radical (unpaired) electrons. The molecule has 1 rings (SSSR count). The maximum absolute atomic E-state index is 12.5. The van der Waals surface area contributed by atoms with Gasteiger partial charge in [0, 0.05) is 18.8 Å². The van der Waals surface area contributed by atoms with Crippen molar-refractivity contribution in [2.45, 2.75) is 38.1 Å². The first-order chi connectivity index (χ1) is 9.06. The largest absolute Gasteiger partial charge is 0.480 e. The lowest BCUT2D eigenvalue weighted by molar-refractivity contribution is -0.141. The Labute approximate surface area is 117 Å². The summed E-state index contributed by atoms with van der Waals surface area (Å²) >= 11 is 1.50. The number of carboxylic acids is 1. The Balaban J connectivity index is 2.86. The van der Waals surface area contributed by atoms with Gasteiger partial charge in [-0.1, -0.05) is 13.8 Å². The first-order valence-corrected chi connectivity index (χ1v) is 7.64. The molecule has 0 aliphatic carbocycles. The van der Waals surface area contributed by atoms with Gasteiger partial charge in [0.15, 0.2) is 0 Å². The average molecular weight is 290 g/mol. The normalized spacial score (nSPS) is 22.6. The van der Waals surface area contributed by atoms with E-state index in [9.17, 15) is 14.7 Å². The number of nitrogens with zero attached hydrogens (tertiary/aromatic N) is 2. The lowest BCUT2D eigenvalue weighted by Crippen LogP contribution is -2.52. The molecule has 2 N–H and O–H groups in total. The van der Waals surface area contributed by atoms with Crippen LogP contribution in [0.5, 0.6) is 0 Å². The van der Waals surface area contributed by atoms with Crippen molar-refractivity contribution < 1.29 is 19.8 Å². The zero-order valence-electron chi connectivity index (χ0n) is 11.4. The molecule has 0 aromatic rings. The molecule has 2 unspecified atom stereocenters. The van der Waals surface area contributed by atoms with E-state index in [1.54, 1.807) is 0 Å². The minimum atomic E-state index is -0.961. The summed E-state index contributed by atoms with van der Waals surface area (Å²) in [4.78, 5) is 26.7. The second-order valence-corrected chi connectivity index (χ2v) is 5.66. The van der Waals surface area contributed by atoms with Gasteiger partial charge in [0.25, 0.3) is 0 Å². The molecule has 1 heterocycles. The van der Waals surface area contributed by atoms with Crippen molar-refractivity contribution in [2.75, 3.05) is 25.4 Å². The van der Waals surface area contributed by atoms with Gasteiger partial charge < -0.3 is 15.1 Å². The second kappa shape index (κ2) is 7.59. The number of amides is 2. The van der Waals surface area contributed by atoms with Crippen LogP contribution in [0.3, 0.4) is 0 Å². The fraction of sp³-hybridized carbons (Fsp3) is 0.833. The minimum Gasteiger partial charge on any atom is -0.480 e. The SMILES string of the molecule is CCCN(CCO)C(=O)N1C(CC)SCC1C(=O)O. The average Bonchev–Trinajstić information content (AvgIpc) is 2.81. The maximum atomic E-state index is 12.5. The van der Waals surface area contributed by atoms with E-state index in [0.717, 1.165) is 12.8 Å². The summed E-state index contributed by atoms with van der Waals surface area (Å²) in [5, 5.41) is 18.1. The van der Waals surface area contributed by atoms with E-state index < -0.39 is 12.0 Å². The highest BCUT2D eigenvalue weighted by Gasteiger charge is 2.42. The van der Waals surface area contributed by atoms with Gasteiger partial charge in [-0.05, 0) is 12.8 Å². The van der Waals surface area contributed by atoms with E-state index in [-0.39, 0.29) is 24.6 Å². The third-order valence-electron chi connectivity index (χ3n) is 3.08. The third-order valence-corrected chi connectivity index (χ3v) is 4.54. The molecule has 0 bridgehead atoms. The highest BCUT2D eigenvalue weighted by atomic mass is 32.2. The molecular weight excluding hydrogens is 268 g/mol. The van der Waals surface area contributed by atoms with Gasteiger partial charge in [-0.2, -0.15) is 0 Å². The van der Waals surface area contributed by atoms with Crippen molar-refractivity contribution in [3.63, 3.8) is 0 Å². The van der Waals surface area contributed by atoms with Crippen molar-refractivity contribution in [1.82, 2.24) is 9.80 Å². The fourth-order valence-electron chi connectivity index (χ4n) is 2.18. The molecule has 1 aliphatic rings. The van der Waals surface area contributed by atoms with Crippen molar-refractivity contribution in [1.29, 1.82) is 0 Å². The first kappa shape index (κ1) is 16.1. The predicted molar refractivity (Wildman–Crippen MR) is 74.1 cm³/mol. The number of carbonyl (C=O) groups excluding carboxylic acids is 1.